The summed E-state index contributed by atoms with van der Waals surface area (Å²) < 4.78 is 0. The largest absolute Gasteiger partial charge is 0.379 e. The van der Waals surface area contributed by atoms with E-state index >= 15 is 0 Å². The highest BCUT2D eigenvalue weighted by molar-refractivity contribution is 5.91. The highest BCUT2D eigenvalue weighted by atomic mass is 15.1. The van der Waals surface area contributed by atoms with Crippen molar-refractivity contribution in [3.05, 3.63) is 90.6 Å². The molecule has 0 amide bonds. The first-order valence-corrected chi connectivity index (χ1v) is 8.98. The molecule has 0 aliphatic heterocycles. The van der Waals surface area contributed by atoms with Gasteiger partial charge in [-0.25, -0.2) is 4.98 Å². The Bertz CT molecular complexity index is 1220. The van der Waals surface area contributed by atoms with E-state index in [1.54, 1.807) is 6.20 Å². The molecular formula is C23H18N4. The zero-order valence-electron chi connectivity index (χ0n) is 14.7. The van der Waals surface area contributed by atoms with Crippen molar-refractivity contribution in [3.8, 4) is 11.3 Å². The van der Waals surface area contributed by atoms with Gasteiger partial charge in [-0.3, -0.25) is 5.10 Å². The Morgan fingerprint density at radius 1 is 0.852 bits per heavy atom. The van der Waals surface area contributed by atoms with Crippen molar-refractivity contribution in [1.82, 2.24) is 15.2 Å². The molecule has 3 aromatic carbocycles. The van der Waals surface area contributed by atoms with Crippen molar-refractivity contribution in [1.29, 1.82) is 0 Å². The molecule has 0 fully saturated rings. The predicted molar refractivity (Wildman–Crippen MR) is 111 cm³/mol. The van der Waals surface area contributed by atoms with Crippen molar-refractivity contribution >= 4 is 27.5 Å². The van der Waals surface area contributed by atoms with E-state index in [0.717, 1.165) is 34.5 Å². The minimum absolute atomic E-state index is 0.730. The van der Waals surface area contributed by atoms with E-state index < -0.39 is 0 Å². The lowest BCUT2D eigenvalue weighted by molar-refractivity contribution is 1.11. The lowest BCUT2D eigenvalue weighted by atomic mass is 10.0. The molecule has 4 nitrogen and oxygen atoms in total. The van der Waals surface area contributed by atoms with Gasteiger partial charge >= 0.3 is 0 Å². The summed E-state index contributed by atoms with van der Waals surface area (Å²) in [4.78, 5) is 4.74. The first kappa shape index (κ1) is 15.6. The third kappa shape index (κ3) is 2.91. The van der Waals surface area contributed by atoms with Gasteiger partial charge in [-0.2, -0.15) is 5.10 Å². The number of hydrogen-bond acceptors (Lipinski definition) is 3. The van der Waals surface area contributed by atoms with Crippen LogP contribution in [-0.4, -0.2) is 15.2 Å². The average molecular weight is 350 g/mol. The van der Waals surface area contributed by atoms with Gasteiger partial charge in [0.25, 0.3) is 0 Å². The van der Waals surface area contributed by atoms with E-state index in [1.807, 2.05) is 18.2 Å². The minimum atomic E-state index is 0.730. The summed E-state index contributed by atoms with van der Waals surface area (Å²) in [5.74, 6) is 0. The summed E-state index contributed by atoms with van der Waals surface area (Å²) in [7, 11) is 0. The Hall–Kier alpha value is -3.66. The first-order chi connectivity index (χ1) is 13.4. The maximum Gasteiger partial charge on any atom is 0.111 e. The molecule has 0 aliphatic rings. The number of hydrogen-bond donors (Lipinski definition) is 2. The molecule has 0 atom stereocenters. The summed E-state index contributed by atoms with van der Waals surface area (Å²) in [6, 6.07) is 27.2. The van der Waals surface area contributed by atoms with Gasteiger partial charge in [0.15, 0.2) is 0 Å². The molecule has 2 aromatic heterocycles. The van der Waals surface area contributed by atoms with Crippen LogP contribution in [0.2, 0.25) is 0 Å². The van der Waals surface area contributed by atoms with Gasteiger partial charge in [0.1, 0.15) is 11.0 Å². The fourth-order valence-electron chi connectivity index (χ4n) is 3.47. The molecule has 4 heteroatoms. The Morgan fingerprint density at radius 3 is 2.59 bits per heavy atom. The number of H-pyrrole nitrogens is 1. The van der Waals surface area contributed by atoms with Crippen molar-refractivity contribution < 1.29 is 0 Å². The highest BCUT2D eigenvalue weighted by Gasteiger charge is 2.10. The maximum atomic E-state index is 4.74. The van der Waals surface area contributed by atoms with Crippen LogP contribution in [0.25, 0.3) is 33.1 Å². The minimum Gasteiger partial charge on any atom is -0.379 e. The molecule has 0 bridgehead atoms. The third-order valence-electron chi connectivity index (χ3n) is 4.83. The Balaban J connectivity index is 1.54. The lowest BCUT2D eigenvalue weighted by Gasteiger charge is -2.12. The first-order valence-electron chi connectivity index (χ1n) is 8.98. The zero-order chi connectivity index (χ0) is 18.1. The monoisotopic (exact) mass is 350 g/mol. The molecule has 27 heavy (non-hydrogen) atoms. The molecule has 2 heterocycles. The molecule has 2 N–H and O–H groups in total. The summed E-state index contributed by atoms with van der Waals surface area (Å²) in [6.07, 6.45) is 1.77. The normalized spacial score (nSPS) is 11.1. The second-order valence-electron chi connectivity index (χ2n) is 6.54. The number of nitrogens with zero attached hydrogens (tertiary/aromatic N) is 2. The summed E-state index contributed by atoms with van der Waals surface area (Å²) in [6.45, 7) is 0.730. The fourth-order valence-corrected chi connectivity index (χ4v) is 3.47. The second-order valence-corrected chi connectivity index (χ2v) is 6.54. The van der Waals surface area contributed by atoms with Crippen molar-refractivity contribution in [3.63, 3.8) is 0 Å². The van der Waals surface area contributed by atoms with Gasteiger partial charge in [0.2, 0.25) is 0 Å². The molecular weight excluding hydrogens is 332 g/mol. The van der Waals surface area contributed by atoms with E-state index in [-0.39, 0.29) is 0 Å². The number of anilines is 1. The van der Waals surface area contributed by atoms with Crippen LogP contribution in [0.3, 0.4) is 0 Å². The van der Waals surface area contributed by atoms with Crippen LogP contribution >= 0.6 is 0 Å². The Labute approximate surface area is 156 Å². The van der Waals surface area contributed by atoms with Crippen LogP contribution < -0.4 is 5.32 Å². The maximum absolute atomic E-state index is 4.74. The molecule has 5 rings (SSSR count). The zero-order valence-corrected chi connectivity index (χ0v) is 14.7. The van der Waals surface area contributed by atoms with E-state index in [2.05, 4.69) is 76.2 Å². The van der Waals surface area contributed by atoms with Crippen LogP contribution in [0.1, 0.15) is 5.56 Å². The topological polar surface area (TPSA) is 53.6 Å². The number of nitrogens with one attached hydrogen (secondary N) is 2. The van der Waals surface area contributed by atoms with Gasteiger partial charge in [-0.05, 0) is 22.4 Å². The molecule has 0 saturated heterocycles. The third-order valence-corrected chi connectivity index (χ3v) is 4.83. The van der Waals surface area contributed by atoms with Crippen molar-refractivity contribution in [2.75, 3.05) is 5.32 Å². The number of aromatic amines is 1. The fraction of sp³-hybridized carbons (Fsp3) is 0.0435. The molecule has 0 aliphatic carbocycles. The SMILES string of the molecule is c1ccc(-c2cc(NCc3cccc4ccccc34)c3[nH]ncc3n2)cc1. The van der Waals surface area contributed by atoms with Gasteiger partial charge in [0, 0.05) is 12.1 Å². The van der Waals surface area contributed by atoms with Gasteiger partial charge in [-0.15, -0.1) is 0 Å². The Kier molecular flexibility index (Phi) is 3.79. The van der Waals surface area contributed by atoms with E-state index in [4.69, 9.17) is 4.98 Å². The van der Waals surface area contributed by atoms with Crippen LogP contribution in [-0.2, 0) is 6.54 Å². The number of benzene rings is 3. The lowest BCUT2D eigenvalue weighted by Crippen LogP contribution is -2.02. The van der Waals surface area contributed by atoms with Crippen LogP contribution in [0, 0.1) is 0 Å². The summed E-state index contributed by atoms with van der Waals surface area (Å²) >= 11 is 0. The predicted octanol–water partition coefficient (Wildman–Crippen LogP) is 5.39. The van der Waals surface area contributed by atoms with E-state index in [0.29, 0.717) is 0 Å². The standard InChI is InChI=1S/C23H18N4/c1-2-8-17(9-3-1)20-13-21(23-22(26-20)15-25-27-23)24-14-18-11-6-10-16-7-4-5-12-19(16)18/h1-13,15H,14H2,(H,24,26)(H,25,27). The highest BCUT2D eigenvalue weighted by Crippen LogP contribution is 2.28. The molecule has 5 aromatic rings. The molecule has 0 radical (unpaired) electrons. The van der Waals surface area contributed by atoms with Gasteiger partial charge in [-0.1, -0.05) is 72.8 Å². The smallest absolute Gasteiger partial charge is 0.111 e. The number of aromatic nitrogens is 3. The van der Waals surface area contributed by atoms with Crippen molar-refractivity contribution in [2.24, 2.45) is 0 Å². The number of rotatable bonds is 4. The second kappa shape index (κ2) is 6.57. The average Bonchev–Trinajstić information content (AvgIpc) is 3.21. The summed E-state index contributed by atoms with van der Waals surface area (Å²) in [5.41, 5.74) is 6.08. The molecule has 130 valence electrons. The Morgan fingerprint density at radius 2 is 1.67 bits per heavy atom. The van der Waals surface area contributed by atoms with Crippen LogP contribution in [0.4, 0.5) is 5.69 Å². The summed E-state index contributed by atoms with van der Waals surface area (Å²) in [5, 5.41) is 13.3. The van der Waals surface area contributed by atoms with E-state index in [1.165, 1.54) is 16.3 Å². The van der Waals surface area contributed by atoms with Crippen LogP contribution in [0.5, 0.6) is 0 Å². The van der Waals surface area contributed by atoms with Gasteiger partial charge in [0.05, 0.1) is 17.6 Å². The van der Waals surface area contributed by atoms with Crippen molar-refractivity contribution in [2.45, 2.75) is 6.54 Å². The molecule has 0 spiro atoms. The number of pyridine rings is 1. The molecule has 0 unspecified atom stereocenters. The van der Waals surface area contributed by atoms with E-state index in [9.17, 15) is 0 Å². The molecule has 0 saturated carbocycles. The number of fused-ring (bicyclic) bond motifs is 2. The van der Waals surface area contributed by atoms with Crippen LogP contribution in [0.15, 0.2) is 85.1 Å². The van der Waals surface area contributed by atoms with Gasteiger partial charge < -0.3 is 5.32 Å². The quantitative estimate of drug-likeness (QED) is 0.457.